The molecule has 0 radical (unpaired) electrons. The smallest absolute Gasteiger partial charge is 0.234 e. The fourth-order valence-electron chi connectivity index (χ4n) is 3.28. The molecule has 0 aliphatic carbocycles. The lowest BCUT2D eigenvalue weighted by molar-refractivity contribution is -0.113. The van der Waals surface area contributed by atoms with Gasteiger partial charge in [-0.2, -0.15) is 0 Å². The topological polar surface area (TPSA) is 78.3 Å². The van der Waals surface area contributed by atoms with Crippen LogP contribution in [-0.2, 0) is 11.3 Å². The van der Waals surface area contributed by atoms with E-state index in [1.165, 1.54) is 11.8 Å². The van der Waals surface area contributed by atoms with Crippen molar-refractivity contribution in [2.75, 3.05) is 17.7 Å². The standard InChI is InChI=1S/C23H24N4O3S/c1-4-11-27-22(20-13-29-18-7-5-6-8-19(18)30-20)25-26-23(27)31-14-21(28)24-17-12-15(2)9-10-16(17)3/h4-10,12,20H,1,11,13-14H2,2-3H3,(H,24,28). The Kier molecular flexibility index (Phi) is 6.27. The normalized spacial score (nSPS) is 14.8. The molecule has 1 aliphatic rings. The van der Waals surface area contributed by atoms with E-state index in [1.54, 1.807) is 6.08 Å². The molecule has 2 heterocycles. The number of hydrogen-bond acceptors (Lipinski definition) is 6. The van der Waals surface area contributed by atoms with Crippen molar-refractivity contribution < 1.29 is 14.3 Å². The van der Waals surface area contributed by atoms with E-state index in [1.807, 2.05) is 60.9 Å². The molecule has 31 heavy (non-hydrogen) atoms. The molecule has 1 aromatic heterocycles. The van der Waals surface area contributed by atoms with Gasteiger partial charge in [0.15, 0.2) is 28.6 Å². The van der Waals surface area contributed by atoms with Crippen molar-refractivity contribution in [1.82, 2.24) is 14.8 Å². The summed E-state index contributed by atoms with van der Waals surface area (Å²) in [6.45, 7) is 8.64. The summed E-state index contributed by atoms with van der Waals surface area (Å²) in [7, 11) is 0. The molecule has 2 aromatic carbocycles. The van der Waals surface area contributed by atoms with Gasteiger partial charge < -0.3 is 14.8 Å². The third-order valence-corrected chi connectivity index (χ3v) is 5.82. The van der Waals surface area contributed by atoms with Crippen molar-refractivity contribution in [3.8, 4) is 11.5 Å². The summed E-state index contributed by atoms with van der Waals surface area (Å²) in [5.74, 6) is 2.15. The average Bonchev–Trinajstić information content (AvgIpc) is 3.17. The number of carbonyl (C=O) groups is 1. The van der Waals surface area contributed by atoms with E-state index in [2.05, 4.69) is 22.1 Å². The molecule has 0 fully saturated rings. The summed E-state index contributed by atoms with van der Waals surface area (Å²) in [6, 6.07) is 13.5. The SMILES string of the molecule is C=CCn1c(SCC(=O)Nc2cc(C)ccc2C)nnc1C1COc2ccccc2O1. The molecule has 4 rings (SSSR count). The maximum Gasteiger partial charge on any atom is 0.234 e. The highest BCUT2D eigenvalue weighted by molar-refractivity contribution is 7.99. The summed E-state index contributed by atoms with van der Waals surface area (Å²) in [5, 5.41) is 12.2. The fraction of sp³-hybridized carbons (Fsp3) is 0.261. The van der Waals surface area contributed by atoms with E-state index in [4.69, 9.17) is 9.47 Å². The molecule has 0 spiro atoms. The molecule has 8 heteroatoms. The highest BCUT2D eigenvalue weighted by atomic mass is 32.2. The van der Waals surface area contributed by atoms with Gasteiger partial charge >= 0.3 is 0 Å². The zero-order valence-electron chi connectivity index (χ0n) is 17.5. The minimum absolute atomic E-state index is 0.0976. The number of thioether (sulfide) groups is 1. The lowest BCUT2D eigenvalue weighted by Gasteiger charge is -2.26. The number of rotatable bonds is 7. The zero-order chi connectivity index (χ0) is 21.8. The summed E-state index contributed by atoms with van der Waals surface area (Å²) < 4.78 is 13.8. The molecule has 1 N–H and O–H groups in total. The predicted octanol–water partition coefficient (Wildman–Crippen LogP) is 4.32. The van der Waals surface area contributed by atoms with Gasteiger partial charge in [0.2, 0.25) is 5.91 Å². The van der Waals surface area contributed by atoms with Crippen LogP contribution in [0.4, 0.5) is 5.69 Å². The minimum atomic E-state index is -0.388. The second-order valence-corrected chi connectivity index (χ2v) is 8.20. The number of para-hydroxylation sites is 2. The van der Waals surface area contributed by atoms with Gasteiger partial charge in [0.1, 0.15) is 6.61 Å². The number of hydrogen-bond donors (Lipinski definition) is 1. The van der Waals surface area contributed by atoms with Crippen LogP contribution < -0.4 is 14.8 Å². The molecular formula is C23H24N4O3S. The molecule has 1 aliphatic heterocycles. The number of aromatic nitrogens is 3. The summed E-state index contributed by atoms with van der Waals surface area (Å²) in [4.78, 5) is 12.5. The maximum absolute atomic E-state index is 12.5. The van der Waals surface area contributed by atoms with Gasteiger partial charge in [-0.25, -0.2) is 0 Å². The van der Waals surface area contributed by atoms with E-state index in [0.29, 0.717) is 35.6 Å². The first-order chi connectivity index (χ1) is 15.0. The monoisotopic (exact) mass is 436 g/mol. The molecule has 3 aromatic rings. The number of carbonyl (C=O) groups excluding carboxylic acids is 1. The first-order valence-corrected chi connectivity index (χ1v) is 11.0. The fourth-order valence-corrected chi connectivity index (χ4v) is 4.03. The van der Waals surface area contributed by atoms with Crippen LogP contribution in [0.3, 0.4) is 0 Å². The predicted molar refractivity (Wildman–Crippen MR) is 121 cm³/mol. The second-order valence-electron chi connectivity index (χ2n) is 7.26. The maximum atomic E-state index is 12.5. The largest absolute Gasteiger partial charge is 0.485 e. The van der Waals surface area contributed by atoms with Crippen molar-refractivity contribution in [3.05, 3.63) is 72.1 Å². The Hall–Kier alpha value is -3.26. The Morgan fingerprint density at radius 2 is 2.06 bits per heavy atom. The van der Waals surface area contributed by atoms with Crippen LogP contribution in [0.5, 0.6) is 11.5 Å². The number of nitrogens with zero attached hydrogens (tertiary/aromatic N) is 3. The lowest BCUT2D eigenvalue weighted by Crippen LogP contribution is -2.25. The van der Waals surface area contributed by atoms with Gasteiger partial charge in [-0.1, -0.05) is 42.1 Å². The van der Waals surface area contributed by atoms with E-state index in [-0.39, 0.29) is 17.8 Å². The highest BCUT2D eigenvalue weighted by Crippen LogP contribution is 2.36. The van der Waals surface area contributed by atoms with Crippen molar-refractivity contribution >= 4 is 23.4 Å². The number of aryl methyl sites for hydroxylation is 2. The Morgan fingerprint density at radius 3 is 2.87 bits per heavy atom. The van der Waals surface area contributed by atoms with Crippen molar-refractivity contribution in [2.45, 2.75) is 31.7 Å². The zero-order valence-corrected chi connectivity index (χ0v) is 18.3. The average molecular weight is 437 g/mol. The van der Waals surface area contributed by atoms with Gasteiger partial charge in [0.05, 0.1) is 5.75 Å². The van der Waals surface area contributed by atoms with Crippen LogP contribution in [-0.4, -0.2) is 33.0 Å². The van der Waals surface area contributed by atoms with Crippen LogP contribution in [0.2, 0.25) is 0 Å². The van der Waals surface area contributed by atoms with Gasteiger partial charge in [-0.15, -0.1) is 16.8 Å². The molecule has 1 unspecified atom stereocenters. The van der Waals surface area contributed by atoms with Gasteiger partial charge in [-0.3, -0.25) is 9.36 Å². The Labute approximate surface area is 185 Å². The highest BCUT2D eigenvalue weighted by Gasteiger charge is 2.28. The Morgan fingerprint density at radius 1 is 1.26 bits per heavy atom. The van der Waals surface area contributed by atoms with Crippen LogP contribution in [0, 0.1) is 13.8 Å². The van der Waals surface area contributed by atoms with Gasteiger partial charge in [0, 0.05) is 12.2 Å². The number of benzene rings is 2. The third-order valence-electron chi connectivity index (χ3n) is 4.85. The molecule has 1 atom stereocenters. The number of nitrogens with one attached hydrogen (secondary N) is 1. The van der Waals surface area contributed by atoms with Crippen LogP contribution >= 0.6 is 11.8 Å². The number of amides is 1. The first-order valence-electron chi connectivity index (χ1n) is 9.97. The van der Waals surface area contributed by atoms with E-state index < -0.39 is 0 Å². The summed E-state index contributed by atoms with van der Waals surface area (Å²) in [6.07, 6.45) is 1.38. The Balaban J connectivity index is 1.46. The van der Waals surface area contributed by atoms with E-state index >= 15 is 0 Å². The number of fused-ring (bicyclic) bond motifs is 1. The molecule has 0 saturated carbocycles. The number of allylic oxidation sites excluding steroid dienone is 1. The molecular weight excluding hydrogens is 412 g/mol. The van der Waals surface area contributed by atoms with Crippen molar-refractivity contribution in [1.29, 1.82) is 0 Å². The summed E-state index contributed by atoms with van der Waals surface area (Å²) in [5.41, 5.74) is 2.95. The number of ether oxygens (including phenoxy) is 2. The quantitative estimate of drug-likeness (QED) is 0.439. The lowest BCUT2D eigenvalue weighted by atomic mass is 10.1. The van der Waals surface area contributed by atoms with Crippen LogP contribution in [0.15, 0.2) is 60.3 Å². The van der Waals surface area contributed by atoms with Gasteiger partial charge in [0.25, 0.3) is 0 Å². The van der Waals surface area contributed by atoms with E-state index in [0.717, 1.165) is 16.8 Å². The molecule has 7 nitrogen and oxygen atoms in total. The second kappa shape index (κ2) is 9.26. The van der Waals surface area contributed by atoms with Crippen LogP contribution in [0.1, 0.15) is 23.1 Å². The molecule has 160 valence electrons. The third kappa shape index (κ3) is 4.74. The summed E-state index contributed by atoms with van der Waals surface area (Å²) >= 11 is 1.33. The molecule has 0 bridgehead atoms. The number of anilines is 1. The van der Waals surface area contributed by atoms with Gasteiger partial charge in [-0.05, 0) is 43.2 Å². The van der Waals surface area contributed by atoms with Crippen molar-refractivity contribution in [2.24, 2.45) is 0 Å². The Bertz CT molecular complexity index is 1110. The molecule has 0 saturated heterocycles. The molecule has 1 amide bonds. The van der Waals surface area contributed by atoms with Crippen molar-refractivity contribution in [3.63, 3.8) is 0 Å². The first kappa shape index (κ1) is 21.0. The minimum Gasteiger partial charge on any atom is -0.485 e. The van der Waals surface area contributed by atoms with Crippen LogP contribution in [0.25, 0.3) is 0 Å². The van der Waals surface area contributed by atoms with E-state index in [9.17, 15) is 4.79 Å².